The summed E-state index contributed by atoms with van der Waals surface area (Å²) in [7, 11) is 0. The number of alkyl halides is 1. The molecule has 0 aromatic rings. The minimum atomic E-state index is -1.20. The van der Waals surface area contributed by atoms with E-state index in [2.05, 4.69) is 10.6 Å². The van der Waals surface area contributed by atoms with Crippen molar-refractivity contribution in [2.24, 2.45) is 5.92 Å². The number of nitrogens with one attached hydrogen (secondary N) is 2. The van der Waals surface area contributed by atoms with Gasteiger partial charge in [0, 0.05) is 41.7 Å². The fraction of sp³-hybridized carbons (Fsp3) is 0.882. The Morgan fingerprint density at radius 1 is 1.04 bits per heavy atom. The van der Waals surface area contributed by atoms with Crippen LogP contribution in [0.1, 0.15) is 36.5 Å². The number of hydrogen-bond acceptors (Lipinski definition) is 5. The van der Waals surface area contributed by atoms with E-state index in [9.17, 15) is 14.0 Å². The van der Waals surface area contributed by atoms with Gasteiger partial charge in [-0.15, -0.1) is 0 Å². The Morgan fingerprint density at radius 2 is 1.72 bits per heavy atom. The molecule has 0 aliphatic rings. The van der Waals surface area contributed by atoms with Gasteiger partial charge in [0.25, 0.3) is 0 Å². The van der Waals surface area contributed by atoms with Crippen LogP contribution in [-0.4, -0.2) is 70.7 Å². The zero-order valence-corrected chi connectivity index (χ0v) is 15.6. The van der Waals surface area contributed by atoms with E-state index in [1.54, 1.807) is 13.8 Å². The Bertz CT molecular complexity index is 366. The number of ether oxygens (including phenoxy) is 3. The fourth-order valence-electron chi connectivity index (χ4n) is 1.70. The summed E-state index contributed by atoms with van der Waals surface area (Å²) < 4.78 is 29.1. The number of carbonyl (C=O) groups excluding carboxylic acids is 2. The summed E-state index contributed by atoms with van der Waals surface area (Å²) in [5, 5.41) is 5.25. The van der Waals surface area contributed by atoms with Gasteiger partial charge in [-0.2, -0.15) is 0 Å². The fourth-order valence-corrected chi connectivity index (χ4v) is 1.70. The van der Waals surface area contributed by atoms with Crippen molar-refractivity contribution >= 4 is 11.8 Å². The highest BCUT2D eigenvalue weighted by Gasteiger charge is 2.11. The van der Waals surface area contributed by atoms with Crippen LogP contribution in [0.5, 0.6) is 0 Å². The average Bonchev–Trinajstić information content (AvgIpc) is 2.59. The first-order chi connectivity index (χ1) is 12.0. The molecule has 0 spiro atoms. The van der Waals surface area contributed by atoms with E-state index in [0.717, 1.165) is 6.42 Å². The van der Waals surface area contributed by atoms with Crippen molar-refractivity contribution in [2.75, 3.05) is 52.7 Å². The van der Waals surface area contributed by atoms with Crippen LogP contribution in [0.4, 0.5) is 4.39 Å². The predicted molar refractivity (Wildman–Crippen MR) is 97.3 cm³/mol. The lowest BCUT2D eigenvalue weighted by Gasteiger charge is -2.12. The van der Waals surface area contributed by atoms with Gasteiger partial charge in [0.05, 0.1) is 13.2 Å². The van der Waals surface area contributed by atoms with Crippen LogP contribution < -0.4 is 10.6 Å². The first-order valence-electron chi connectivity index (χ1n) is 8.89. The number of halogens is 1. The zero-order valence-electron chi connectivity index (χ0n) is 15.6. The van der Waals surface area contributed by atoms with E-state index in [0.29, 0.717) is 39.4 Å². The predicted octanol–water partition coefficient (Wildman–Crippen LogP) is 1.55. The quantitative estimate of drug-likeness (QED) is 0.404. The number of rotatable bonds is 16. The molecule has 2 amide bonds. The Morgan fingerprint density at radius 3 is 2.40 bits per heavy atom. The van der Waals surface area contributed by atoms with Gasteiger partial charge in [-0.1, -0.05) is 13.8 Å². The Balaban J connectivity index is -0.00000288. The lowest BCUT2D eigenvalue weighted by atomic mass is 10.2. The van der Waals surface area contributed by atoms with Crippen LogP contribution in [0, 0.1) is 5.92 Å². The summed E-state index contributed by atoms with van der Waals surface area (Å²) in [5.74, 6) is -0.436. The topological polar surface area (TPSA) is 85.9 Å². The van der Waals surface area contributed by atoms with E-state index < -0.39 is 6.17 Å². The van der Waals surface area contributed by atoms with Crippen molar-refractivity contribution in [3.63, 3.8) is 0 Å². The highest BCUT2D eigenvalue weighted by Crippen LogP contribution is 1.95. The van der Waals surface area contributed by atoms with Crippen molar-refractivity contribution in [3.05, 3.63) is 0 Å². The molecule has 0 aromatic heterocycles. The van der Waals surface area contributed by atoms with Crippen molar-refractivity contribution in [3.8, 4) is 0 Å². The van der Waals surface area contributed by atoms with Gasteiger partial charge in [0.2, 0.25) is 11.8 Å². The molecular formula is C17H37FN2O5. The van der Waals surface area contributed by atoms with Crippen molar-refractivity contribution < 1.29 is 31.0 Å². The molecule has 2 N–H and O–H groups in total. The Labute approximate surface area is 152 Å². The third-order valence-corrected chi connectivity index (χ3v) is 3.12. The summed E-state index contributed by atoms with van der Waals surface area (Å²) in [5.41, 5.74) is 0. The molecule has 0 saturated heterocycles. The average molecular weight is 368 g/mol. The molecule has 0 rings (SSSR count). The highest BCUT2D eigenvalue weighted by atomic mass is 19.1. The lowest BCUT2D eigenvalue weighted by Crippen LogP contribution is -2.34. The summed E-state index contributed by atoms with van der Waals surface area (Å²) in [6.45, 7) is 7.92. The third-order valence-electron chi connectivity index (χ3n) is 3.12. The molecule has 0 fully saturated rings. The molecule has 7 nitrogen and oxygen atoms in total. The molecule has 0 aromatic carbocycles. The van der Waals surface area contributed by atoms with Gasteiger partial charge in [-0.25, -0.2) is 4.39 Å². The molecule has 1 unspecified atom stereocenters. The van der Waals surface area contributed by atoms with E-state index in [-0.39, 0.29) is 40.3 Å². The van der Waals surface area contributed by atoms with Crippen LogP contribution in [0.25, 0.3) is 0 Å². The monoisotopic (exact) mass is 368 g/mol. The molecule has 0 heterocycles. The molecule has 152 valence electrons. The molecule has 1 atom stereocenters. The molecule has 0 saturated carbocycles. The number of carbonyl (C=O) groups is 2. The lowest BCUT2D eigenvalue weighted by molar-refractivity contribution is -0.125. The van der Waals surface area contributed by atoms with Crippen molar-refractivity contribution in [1.29, 1.82) is 0 Å². The maximum absolute atomic E-state index is 13.5. The van der Waals surface area contributed by atoms with Crippen molar-refractivity contribution in [1.82, 2.24) is 10.6 Å². The van der Waals surface area contributed by atoms with Crippen molar-refractivity contribution in [2.45, 2.75) is 39.8 Å². The minimum absolute atomic E-state index is 0. The standard InChI is InChI=1S/C17H33FN2O5.2H2/c1-4-23-13-16(21)19-7-5-8-24-9-6-10-25-12-15(18)11-20-17(22)14(2)3;;/h14-15H,4-13H2,1-3H3,(H,19,21)(H,20,22);2*1H. The third kappa shape index (κ3) is 16.0. The van der Waals surface area contributed by atoms with Gasteiger partial charge in [-0.3, -0.25) is 9.59 Å². The highest BCUT2D eigenvalue weighted by molar-refractivity contribution is 5.77. The van der Waals surface area contributed by atoms with Crippen LogP contribution in [0.15, 0.2) is 0 Å². The van der Waals surface area contributed by atoms with Crippen LogP contribution in [0.3, 0.4) is 0 Å². The van der Waals surface area contributed by atoms with Crippen LogP contribution in [0.2, 0.25) is 0 Å². The maximum Gasteiger partial charge on any atom is 0.245 e. The molecular weight excluding hydrogens is 331 g/mol. The smallest absolute Gasteiger partial charge is 0.245 e. The second kappa shape index (κ2) is 16.2. The molecule has 0 aliphatic heterocycles. The van der Waals surface area contributed by atoms with E-state index in [1.165, 1.54) is 0 Å². The van der Waals surface area contributed by atoms with Gasteiger partial charge >= 0.3 is 0 Å². The van der Waals surface area contributed by atoms with Crippen LogP contribution >= 0.6 is 0 Å². The molecule has 8 heteroatoms. The number of hydrogen-bond donors (Lipinski definition) is 2. The van der Waals surface area contributed by atoms with E-state index >= 15 is 0 Å². The van der Waals surface area contributed by atoms with Gasteiger partial charge in [0.15, 0.2) is 0 Å². The largest absolute Gasteiger partial charge is 0.381 e. The Kier molecular flexibility index (Phi) is 15.4. The summed E-state index contributed by atoms with van der Waals surface area (Å²) >= 11 is 0. The SMILES string of the molecule is CCOCC(=O)NCCCOCCCOCC(F)CNC(=O)C(C)C.[HH].[HH]. The maximum atomic E-state index is 13.5. The first-order valence-corrected chi connectivity index (χ1v) is 8.89. The Hall–Kier alpha value is -1.25. The molecule has 0 aliphatic carbocycles. The second-order valence-electron chi connectivity index (χ2n) is 5.88. The summed E-state index contributed by atoms with van der Waals surface area (Å²) in [6.07, 6.45) is 0.187. The van der Waals surface area contributed by atoms with Gasteiger partial charge in [0.1, 0.15) is 12.8 Å². The van der Waals surface area contributed by atoms with E-state index in [1.807, 2.05) is 6.92 Å². The normalized spacial score (nSPS) is 12.2. The zero-order chi connectivity index (χ0) is 18.9. The second-order valence-corrected chi connectivity index (χ2v) is 5.88. The molecule has 0 bridgehead atoms. The molecule has 25 heavy (non-hydrogen) atoms. The van der Waals surface area contributed by atoms with Gasteiger partial charge < -0.3 is 24.8 Å². The first kappa shape index (κ1) is 23.8. The van der Waals surface area contributed by atoms with E-state index in [4.69, 9.17) is 14.2 Å². The number of amides is 2. The van der Waals surface area contributed by atoms with Gasteiger partial charge in [-0.05, 0) is 19.8 Å². The van der Waals surface area contributed by atoms with Crippen LogP contribution in [-0.2, 0) is 23.8 Å². The minimum Gasteiger partial charge on any atom is -0.381 e. The summed E-state index contributed by atoms with van der Waals surface area (Å²) in [4.78, 5) is 22.5. The molecule has 0 radical (unpaired) electrons. The summed E-state index contributed by atoms with van der Waals surface area (Å²) in [6, 6.07) is 0.